The Hall–Kier alpha value is -2.13. The normalized spacial score (nSPS) is 32.3. The minimum Gasteiger partial charge on any atom is -0.487 e. The Labute approximate surface area is 128 Å². The number of nitrogens with zero attached hydrogens (tertiary/aromatic N) is 3. The van der Waals surface area contributed by atoms with Gasteiger partial charge in [-0.2, -0.15) is 5.26 Å². The second-order valence-corrected chi connectivity index (χ2v) is 6.53. The smallest absolute Gasteiger partial charge is 0.231 e. The first-order valence-electron chi connectivity index (χ1n) is 7.56. The molecule has 2 bridgehead atoms. The molecule has 0 aromatic carbocycles. The van der Waals surface area contributed by atoms with Crippen LogP contribution in [-0.4, -0.2) is 41.7 Å². The van der Waals surface area contributed by atoms with Gasteiger partial charge in [0.2, 0.25) is 5.91 Å². The van der Waals surface area contributed by atoms with Gasteiger partial charge in [-0.25, -0.2) is 0 Å². The standard InChI is InChI=1S/C16H17N3O3/c1-16(2-3-21-9-16)15(20)19-8-11-4-13(19)12-7-18-6-10(5-17)14(12)22-11/h6-7,11,13H,2-4,8-9H2,1H3/t11-,13-,16?/m0/s1. The fraction of sp³-hybridized carbons (Fsp3) is 0.562. The molecule has 1 amide bonds. The van der Waals surface area contributed by atoms with E-state index in [1.54, 1.807) is 6.20 Å². The van der Waals surface area contributed by atoms with Crippen molar-refractivity contribution in [2.75, 3.05) is 19.8 Å². The molecule has 2 fully saturated rings. The van der Waals surface area contributed by atoms with Gasteiger partial charge in [0.15, 0.2) is 0 Å². The lowest BCUT2D eigenvalue weighted by Crippen LogP contribution is -2.42. The van der Waals surface area contributed by atoms with Crippen LogP contribution in [-0.2, 0) is 9.53 Å². The fourth-order valence-electron chi connectivity index (χ4n) is 3.66. The van der Waals surface area contributed by atoms with Crippen LogP contribution in [0.1, 0.15) is 36.9 Å². The van der Waals surface area contributed by atoms with Crippen molar-refractivity contribution < 1.29 is 14.3 Å². The highest BCUT2D eigenvalue weighted by Crippen LogP contribution is 2.46. The summed E-state index contributed by atoms with van der Waals surface area (Å²) < 4.78 is 11.4. The van der Waals surface area contributed by atoms with Crippen molar-refractivity contribution >= 4 is 5.91 Å². The van der Waals surface area contributed by atoms with E-state index < -0.39 is 5.41 Å². The van der Waals surface area contributed by atoms with Gasteiger partial charge in [-0.15, -0.1) is 0 Å². The summed E-state index contributed by atoms with van der Waals surface area (Å²) in [5, 5.41) is 9.21. The SMILES string of the molecule is CC1(C(=O)N2C[C@@H]3C[C@H]2c2cncc(C#N)c2O3)CCOC1. The molecule has 1 unspecified atom stereocenters. The van der Waals surface area contributed by atoms with Gasteiger partial charge >= 0.3 is 0 Å². The highest BCUT2D eigenvalue weighted by molar-refractivity contribution is 5.84. The van der Waals surface area contributed by atoms with Crippen molar-refractivity contribution in [1.82, 2.24) is 9.88 Å². The van der Waals surface area contributed by atoms with Crippen molar-refractivity contribution in [2.45, 2.75) is 31.9 Å². The van der Waals surface area contributed by atoms with Crippen LogP contribution in [0.3, 0.4) is 0 Å². The van der Waals surface area contributed by atoms with E-state index in [9.17, 15) is 10.1 Å². The number of pyridine rings is 1. The third-order valence-corrected chi connectivity index (χ3v) is 4.95. The van der Waals surface area contributed by atoms with Crippen molar-refractivity contribution in [3.8, 4) is 11.8 Å². The van der Waals surface area contributed by atoms with Crippen LogP contribution in [0.25, 0.3) is 0 Å². The summed E-state index contributed by atoms with van der Waals surface area (Å²) in [5.41, 5.74) is 0.846. The summed E-state index contributed by atoms with van der Waals surface area (Å²) in [5.74, 6) is 0.721. The largest absolute Gasteiger partial charge is 0.487 e. The zero-order valence-electron chi connectivity index (χ0n) is 12.4. The monoisotopic (exact) mass is 299 g/mol. The van der Waals surface area contributed by atoms with Crippen molar-refractivity contribution in [1.29, 1.82) is 5.26 Å². The van der Waals surface area contributed by atoms with Crippen LogP contribution in [0, 0.1) is 16.7 Å². The molecule has 0 saturated carbocycles. The van der Waals surface area contributed by atoms with E-state index in [0.717, 1.165) is 18.4 Å². The molecule has 6 heteroatoms. The van der Waals surface area contributed by atoms with E-state index in [0.29, 0.717) is 31.1 Å². The maximum atomic E-state index is 13.0. The number of fused-ring (bicyclic) bond motifs is 4. The molecule has 4 rings (SSSR count). The molecule has 22 heavy (non-hydrogen) atoms. The number of hydrogen-bond acceptors (Lipinski definition) is 5. The molecule has 1 aromatic heterocycles. The molecular formula is C16H17N3O3. The number of hydrogen-bond donors (Lipinski definition) is 0. The van der Waals surface area contributed by atoms with E-state index >= 15 is 0 Å². The number of nitriles is 1. The highest BCUT2D eigenvalue weighted by atomic mass is 16.5. The molecule has 3 atom stereocenters. The van der Waals surface area contributed by atoms with Crippen molar-refractivity contribution in [3.63, 3.8) is 0 Å². The predicted octanol–water partition coefficient (Wildman–Crippen LogP) is 1.41. The average Bonchev–Trinajstić information content (AvgIpc) is 3.12. The van der Waals surface area contributed by atoms with E-state index in [1.807, 2.05) is 11.8 Å². The van der Waals surface area contributed by atoms with E-state index in [4.69, 9.17) is 9.47 Å². The van der Waals surface area contributed by atoms with Crippen LogP contribution in [0.5, 0.6) is 5.75 Å². The Morgan fingerprint density at radius 2 is 2.41 bits per heavy atom. The van der Waals surface area contributed by atoms with E-state index in [2.05, 4.69) is 11.1 Å². The lowest BCUT2D eigenvalue weighted by molar-refractivity contribution is -0.142. The number of ether oxygens (including phenoxy) is 2. The Morgan fingerprint density at radius 1 is 1.55 bits per heavy atom. The zero-order chi connectivity index (χ0) is 15.3. The Balaban J connectivity index is 1.70. The predicted molar refractivity (Wildman–Crippen MR) is 76.0 cm³/mol. The molecule has 0 N–H and O–H groups in total. The first-order chi connectivity index (χ1) is 10.6. The first kappa shape index (κ1) is 13.5. The van der Waals surface area contributed by atoms with Crippen LogP contribution in [0.15, 0.2) is 12.4 Å². The molecule has 114 valence electrons. The summed E-state index contributed by atoms with van der Waals surface area (Å²) in [6.07, 6.45) is 4.72. The molecular weight excluding hydrogens is 282 g/mol. The van der Waals surface area contributed by atoms with Crippen LogP contribution < -0.4 is 4.74 Å². The number of rotatable bonds is 1. The van der Waals surface area contributed by atoms with Crippen molar-refractivity contribution in [3.05, 3.63) is 23.5 Å². The number of carbonyl (C=O) groups is 1. The lowest BCUT2D eigenvalue weighted by atomic mass is 9.87. The summed E-state index contributed by atoms with van der Waals surface area (Å²) in [4.78, 5) is 19.0. The maximum absolute atomic E-state index is 13.0. The van der Waals surface area contributed by atoms with Gasteiger partial charge in [-0.1, -0.05) is 0 Å². The molecule has 0 aliphatic carbocycles. The summed E-state index contributed by atoms with van der Waals surface area (Å²) in [7, 11) is 0. The van der Waals surface area contributed by atoms with Gasteiger partial charge in [0.1, 0.15) is 23.5 Å². The number of aromatic nitrogens is 1. The Kier molecular flexibility index (Phi) is 2.88. The molecule has 0 spiro atoms. The number of carbonyl (C=O) groups excluding carboxylic acids is 1. The van der Waals surface area contributed by atoms with E-state index in [1.165, 1.54) is 6.20 Å². The third kappa shape index (κ3) is 1.82. The second kappa shape index (κ2) is 4.68. The minimum absolute atomic E-state index is 0.0399. The molecule has 3 aliphatic rings. The zero-order valence-corrected chi connectivity index (χ0v) is 12.4. The quantitative estimate of drug-likeness (QED) is 0.784. The van der Waals surface area contributed by atoms with Crippen LogP contribution >= 0.6 is 0 Å². The minimum atomic E-state index is -0.447. The molecule has 3 aliphatic heterocycles. The number of likely N-dealkylation sites (tertiary alicyclic amines) is 1. The Bertz CT molecular complexity index is 676. The van der Waals surface area contributed by atoms with Gasteiger partial charge in [-0.05, 0) is 13.3 Å². The molecule has 2 saturated heterocycles. The number of amides is 1. The first-order valence-corrected chi connectivity index (χ1v) is 7.56. The molecule has 4 heterocycles. The van der Waals surface area contributed by atoms with Gasteiger partial charge < -0.3 is 14.4 Å². The molecule has 6 nitrogen and oxygen atoms in total. The van der Waals surface area contributed by atoms with Crippen LogP contribution in [0.2, 0.25) is 0 Å². The third-order valence-electron chi connectivity index (χ3n) is 4.95. The van der Waals surface area contributed by atoms with E-state index in [-0.39, 0.29) is 18.1 Å². The van der Waals surface area contributed by atoms with Crippen LogP contribution in [0.4, 0.5) is 0 Å². The van der Waals surface area contributed by atoms with Gasteiger partial charge in [0.25, 0.3) is 0 Å². The summed E-state index contributed by atoms with van der Waals surface area (Å²) in [6, 6.07) is 2.08. The lowest BCUT2D eigenvalue weighted by Gasteiger charge is -2.32. The average molecular weight is 299 g/mol. The summed E-state index contributed by atoms with van der Waals surface area (Å²) in [6.45, 7) is 3.65. The van der Waals surface area contributed by atoms with Crippen molar-refractivity contribution in [2.24, 2.45) is 5.41 Å². The Morgan fingerprint density at radius 3 is 3.14 bits per heavy atom. The highest BCUT2D eigenvalue weighted by Gasteiger charge is 2.49. The summed E-state index contributed by atoms with van der Waals surface area (Å²) >= 11 is 0. The van der Waals surface area contributed by atoms with Gasteiger partial charge in [0.05, 0.1) is 24.6 Å². The molecule has 0 radical (unpaired) electrons. The second-order valence-electron chi connectivity index (χ2n) is 6.53. The van der Waals surface area contributed by atoms with Gasteiger partial charge in [-0.3, -0.25) is 9.78 Å². The topological polar surface area (TPSA) is 75.5 Å². The maximum Gasteiger partial charge on any atom is 0.231 e. The molecule has 1 aromatic rings. The van der Waals surface area contributed by atoms with Gasteiger partial charge in [0, 0.05) is 31.0 Å². The fourth-order valence-corrected chi connectivity index (χ4v) is 3.66.